The van der Waals surface area contributed by atoms with Gasteiger partial charge in [-0.2, -0.15) is 0 Å². The van der Waals surface area contributed by atoms with Crippen LogP contribution in [0.3, 0.4) is 0 Å². The molecule has 1 aromatic heterocycles. The Balaban J connectivity index is 1.83. The molecule has 8 nitrogen and oxygen atoms in total. The lowest BCUT2D eigenvalue weighted by atomic mass is 10.1. The zero-order valence-corrected chi connectivity index (χ0v) is 18.0. The number of aliphatic imine (C=N–C) groups is 1. The highest BCUT2D eigenvalue weighted by atomic mass is 16.5. The van der Waals surface area contributed by atoms with Gasteiger partial charge in [0.15, 0.2) is 23.9 Å². The van der Waals surface area contributed by atoms with Crippen LogP contribution in [0.5, 0.6) is 5.75 Å². The van der Waals surface area contributed by atoms with E-state index in [2.05, 4.69) is 19.9 Å². The van der Waals surface area contributed by atoms with Gasteiger partial charge in [0.1, 0.15) is 5.75 Å². The molecule has 0 fully saturated rings. The third kappa shape index (κ3) is 4.85. The third-order valence-electron chi connectivity index (χ3n) is 4.76. The van der Waals surface area contributed by atoms with Gasteiger partial charge in [0.2, 0.25) is 0 Å². The second-order valence-electron chi connectivity index (χ2n) is 6.91. The SMILES string of the molecule is COC=Nc1ccc(-c2nc(-c3ccccc3)nc(-c3ccc(C(=O)OC)cc3)n2)c(O)c1. The van der Waals surface area contributed by atoms with Crippen LogP contribution in [0.15, 0.2) is 77.8 Å². The summed E-state index contributed by atoms with van der Waals surface area (Å²) in [4.78, 5) is 29.6. The van der Waals surface area contributed by atoms with E-state index >= 15 is 0 Å². The number of hydrogen-bond donors (Lipinski definition) is 1. The summed E-state index contributed by atoms with van der Waals surface area (Å²) >= 11 is 0. The fourth-order valence-electron chi connectivity index (χ4n) is 3.12. The number of phenols is 1. The number of nitrogens with zero attached hydrogens (tertiary/aromatic N) is 4. The second-order valence-corrected chi connectivity index (χ2v) is 6.91. The summed E-state index contributed by atoms with van der Waals surface area (Å²) in [6.07, 6.45) is 1.28. The average Bonchev–Trinajstić information content (AvgIpc) is 2.87. The summed E-state index contributed by atoms with van der Waals surface area (Å²) in [5.74, 6) is 0.697. The summed E-state index contributed by atoms with van der Waals surface area (Å²) < 4.78 is 9.58. The van der Waals surface area contributed by atoms with E-state index in [4.69, 9.17) is 9.47 Å². The summed E-state index contributed by atoms with van der Waals surface area (Å²) in [6, 6.07) is 21.2. The molecule has 0 atom stereocenters. The van der Waals surface area contributed by atoms with E-state index in [-0.39, 0.29) is 5.75 Å². The standard InChI is InChI=1S/C25H20N4O4/c1-32-15-26-19-12-13-20(21(30)14-19)24-28-22(16-6-4-3-5-7-16)27-23(29-24)17-8-10-18(11-9-17)25(31)33-2/h3-15,30H,1-2H3. The van der Waals surface area contributed by atoms with E-state index < -0.39 is 5.97 Å². The summed E-state index contributed by atoms with van der Waals surface area (Å²) in [5, 5.41) is 10.6. The van der Waals surface area contributed by atoms with Crippen molar-refractivity contribution in [3.8, 4) is 39.9 Å². The third-order valence-corrected chi connectivity index (χ3v) is 4.76. The number of esters is 1. The summed E-state index contributed by atoms with van der Waals surface area (Å²) in [6.45, 7) is 0. The van der Waals surface area contributed by atoms with Crippen molar-refractivity contribution in [2.75, 3.05) is 14.2 Å². The maximum atomic E-state index is 11.8. The average molecular weight is 440 g/mol. The maximum absolute atomic E-state index is 11.8. The molecule has 0 aliphatic heterocycles. The number of carbonyl (C=O) groups excluding carboxylic acids is 1. The van der Waals surface area contributed by atoms with Crippen LogP contribution in [0.4, 0.5) is 5.69 Å². The zero-order valence-electron chi connectivity index (χ0n) is 18.0. The number of hydrogen-bond acceptors (Lipinski definition) is 8. The van der Waals surface area contributed by atoms with Crippen LogP contribution in [0.25, 0.3) is 34.2 Å². The van der Waals surface area contributed by atoms with E-state index in [1.54, 1.807) is 36.4 Å². The molecular weight excluding hydrogens is 420 g/mol. The molecule has 0 radical (unpaired) electrons. The van der Waals surface area contributed by atoms with Gasteiger partial charge in [0.25, 0.3) is 0 Å². The molecular formula is C25H20N4O4. The molecule has 0 saturated carbocycles. The minimum Gasteiger partial charge on any atom is -0.507 e. The molecule has 0 saturated heterocycles. The molecule has 4 aromatic rings. The molecule has 0 bridgehead atoms. The monoisotopic (exact) mass is 440 g/mol. The van der Waals surface area contributed by atoms with Gasteiger partial charge in [0.05, 0.1) is 31.0 Å². The van der Waals surface area contributed by atoms with Gasteiger partial charge in [0, 0.05) is 17.2 Å². The first kappa shape index (κ1) is 21.6. The van der Waals surface area contributed by atoms with Gasteiger partial charge in [-0.3, -0.25) is 0 Å². The molecule has 33 heavy (non-hydrogen) atoms. The predicted octanol–water partition coefficient (Wildman–Crippen LogP) is 4.67. The molecule has 164 valence electrons. The van der Waals surface area contributed by atoms with Crippen molar-refractivity contribution in [2.24, 2.45) is 4.99 Å². The van der Waals surface area contributed by atoms with Gasteiger partial charge in [-0.15, -0.1) is 0 Å². The highest BCUT2D eigenvalue weighted by Gasteiger charge is 2.15. The van der Waals surface area contributed by atoms with Crippen molar-refractivity contribution < 1.29 is 19.4 Å². The Labute approximate surface area is 190 Å². The normalized spacial score (nSPS) is 10.8. The van der Waals surface area contributed by atoms with Gasteiger partial charge < -0.3 is 14.6 Å². The van der Waals surface area contributed by atoms with Gasteiger partial charge in [-0.1, -0.05) is 42.5 Å². The van der Waals surface area contributed by atoms with Gasteiger partial charge in [-0.25, -0.2) is 24.7 Å². The molecule has 0 aliphatic carbocycles. The first-order valence-corrected chi connectivity index (χ1v) is 9.98. The number of carbonyl (C=O) groups is 1. The molecule has 0 amide bonds. The Bertz CT molecular complexity index is 1310. The molecule has 1 heterocycles. The van der Waals surface area contributed by atoms with E-state index in [0.29, 0.717) is 39.9 Å². The number of ether oxygens (including phenoxy) is 2. The fraction of sp³-hybridized carbons (Fsp3) is 0.0800. The lowest BCUT2D eigenvalue weighted by Crippen LogP contribution is -2.02. The first-order valence-electron chi connectivity index (χ1n) is 9.98. The Hall–Kier alpha value is -4.59. The number of aromatic nitrogens is 3. The molecule has 0 spiro atoms. The van der Waals surface area contributed by atoms with E-state index in [0.717, 1.165) is 5.56 Å². The lowest BCUT2D eigenvalue weighted by Gasteiger charge is -2.10. The first-order chi connectivity index (χ1) is 16.1. The number of methoxy groups -OCH3 is 2. The quantitative estimate of drug-likeness (QED) is 0.264. The molecule has 1 N–H and O–H groups in total. The molecule has 4 rings (SSSR count). The van der Waals surface area contributed by atoms with E-state index in [9.17, 15) is 9.90 Å². The van der Waals surface area contributed by atoms with E-state index in [1.807, 2.05) is 30.3 Å². The Morgan fingerprint density at radius 1 is 0.848 bits per heavy atom. The Morgan fingerprint density at radius 2 is 1.48 bits per heavy atom. The summed E-state index contributed by atoms with van der Waals surface area (Å²) in [7, 11) is 2.83. The van der Waals surface area contributed by atoms with Crippen molar-refractivity contribution in [3.05, 3.63) is 78.4 Å². The smallest absolute Gasteiger partial charge is 0.337 e. The Morgan fingerprint density at radius 3 is 2.09 bits per heavy atom. The van der Waals surface area contributed by atoms with Crippen molar-refractivity contribution in [2.45, 2.75) is 0 Å². The van der Waals surface area contributed by atoms with Crippen LogP contribution < -0.4 is 0 Å². The maximum Gasteiger partial charge on any atom is 0.337 e. The topological polar surface area (TPSA) is 107 Å². The molecule has 8 heteroatoms. The minimum absolute atomic E-state index is 0.0297. The van der Waals surface area contributed by atoms with E-state index in [1.165, 1.54) is 26.7 Å². The van der Waals surface area contributed by atoms with Crippen molar-refractivity contribution in [1.82, 2.24) is 15.0 Å². The number of benzene rings is 3. The van der Waals surface area contributed by atoms with Crippen molar-refractivity contribution >= 4 is 18.1 Å². The predicted molar refractivity (Wildman–Crippen MR) is 124 cm³/mol. The van der Waals surface area contributed by atoms with Crippen LogP contribution in [0.1, 0.15) is 10.4 Å². The largest absolute Gasteiger partial charge is 0.507 e. The van der Waals surface area contributed by atoms with Crippen LogP contribution in [-0.2, 0) is 9.47 Å². The second kappa shape index (κ2) is 9.69. The summed E-state index contributed by atoms with van der Waals surface area (Å²) in [5.41, 5.74) is 2.86. The lowest BCUT2D eigenvalue weighted by molar-refractivity contribution is 0.0600. The van der Waals surface area contributed by atoms with Crippen LogP contribution >= 0.6 is 0 Å². The zero-order chi connectivity index (χ0) is 23.2. The molecule has 0 aliphatic rings. The molecule has 0 unspecified atom stereocenters. The Kier molecular flexibility index (Phi) is 6.36. The fourth-order valence-corrected chi connectivity index (χ4v) is 3.12. The minimum atomic E-state index is -0.427. The van der Waals surface area contributed by atoms with Gasteiger partial charge >= 0.3 is 5.97 Å². The van der Waals surface area contributed by atoms with Crippen molar-refractivity contribution in [3.63, 3.8) is 0 Å². The van der Waals surface area contributed by atoms with Crippen LogP contribution in [-0.4, -0.2) is 46.6 Å². The number of rotatable bonds is 6. The number of aromatic hydroxyl groups is 1. The van der Waals surface area contributed by atoms with Crippen LogP contribution in [0, 0.1) is 0 Å². The number of phenolic OH excluding ortho intramolecular Hbond substituents is 1. The van der Waals surface area contributed by atoms with Gasteiger partial charge in [-0.05, 0) is 24.3 Å². The highest BCUT2D eigenvalue weighted by molar-refractivity contribution is 5.89. The van der Waals surface area contributed by atoms with Crippen molar-refractivity contribution in [1.29, 1.82) is 0 Å². The highest BCUT2D eigenvalue weighted by Crippen LogP contribution is 2.32. The molecule has 3 aromatic carbocycles. The van der Waals surface area contributed by atoms with Crippen LogP contribution in [0.2, 0.25) is 0 Å².